The highest BCUT2D eigenvalue weighted by atomic mass is 32.2. The van der Waals surface area contributed by atoms with Crippen molar-refractivity contribution in [1.29, 1.82) is 0 Å². The van der Waals surface area contributed by atoms with E-state index in [0.717, 1.165) is 6.26 Å². The lowest BCUT2D eigenvalue weighted by molar-refractivity contribution is -0.120. The second-order valence-electron chi connectivity index (χ2n) is 5.01. The summed E-state index contributed by atoms with van der Waals surface area (Å²) in [6.45, 7) is 4.78. The van der Waals surface area contributed by atoms with Gasteiger partial charge in [-0.15, -0.1) is 6.58 Å². The summed E-state index contributed by atoms with van der Waals surface area (Å²) >= 11 is 0. The molecule has 0 aliphatic carbocycles. The zero-order valence-corrected chi connectivity index (χ0v) is 13.8. The zero-order valence-electron chi connectivity index (χ0n) is 12.9. The van der Waals surface area contributed by atoms with Gasteiger partial charge in [-0.25, -0.2) is 8.42 Å². The van der Waals surface area contributed by atoms with Gasteiger partial charge in [0.1, 0.15) is 13.2 Å². The average Bonchev–Trinajstić information content (AvgIpc) is 2.51. The number of carbonyl (C=O) groups is 1. The number of rotatable bonds is 7. The first-order valence-electron chi connectivity index (χ1n) is 7.17. The van der Waals surface area contributed by atoms with Crippen molar-refractivity contribution in [3.8, 4) is 11.5 Å². The Bertz CT molecular complexity index is 687. The van der Waals surface area contributed by atoms with Crippen LogP contribution in [0.5, 0.6) is 11.5 Å². The summed E-state index contributed by atoms with van der Waals surface area (Å²) in [6.07, 6.45) is 2.72. The fraction of sp³-hybridized carbons (Fsp3) is 0.400. The average molecular weight is 340 g/mol. The molecule has 1 aromatic rings. The molecule has 1 N–H and O–H groups in total. The molecule has 0 spiro atoms. The molecular weight excluding hydrogens is 320 g/mol. The third-order valence-corrected chi connectivity index (χ3v) is 4.39. The molecule has 0 radical (unpaired) electrons. The van der Waals surface area contributed by atoms with Crippen molar-refractivity contribution in [2.45, 2.75) is 6.42 Å². The Morgan fingerprint density at radius 3 is 2.70 bits per heavy atom. The van der Waals surface area contributed by atoms with Crippen LogP contribution in [0.3, 0.4) is 0 Å². The maximum Gasteiger partial charge on any atom is 0.232 e. The summed E-state index contributed by atoms with van der Waals surface area (Å²) in [5.74, 6) is 0.840. The van der Waals surface area contributed by atoms with E-state index in [2.05, 4.69) is 11.9 Å². The quantitative estimate of drug-likeness (QED) is 0.746. The molecule has 2 rings (SSSR count). The number of nitrogens with zero attached hydrogens (tertiary/aromatic N) is 1. The highest BCUT2D eigenvalue weighted by Gasteiger charge is 2.21. The van der Waals surface area contributed by atoms with Crippen LogP contribution in [-0.2, 0) is 14.8 Å². The molecular formula is C15H20N2O5S. The van der Waals surface area contributed by atoms with Crippen LogP contribution in [-0.4, -0.2) is 46.9 Å². The van der Waals surface area contributed by atoms with Gasteiger partial charge >= 0.3 is 0 Å². The Balaban J connectivity index is 2.15. The van der Waals surface area contributed by atoms with Crippen molar-refractivity contribution in [3.05, 3.63) is 30.9 Å². The maximum absolute atomic E-state index is 12.0. The Labute approximate surface area is 135 Å². The van der Waals surface area contributed by atoms with Crippen molar-refractivity contribution < 1.29 is 22.7 Å². The number of hydrogen-bond acceptors (Lipinski definition) is 5. The largest absolute Gasteiger partial charge is 0.486 e. The lowest BCUT2D eigenvalue weighted by Crippen LogP contribution is -2.34. The minimum atomic E-state index is -3.52. The second kappa shape index (κ2) is 7.36. The summed E-state index contributed by atoms with van der Waals surface area (Å²) in [6, 6.07) is 4.91. The van der Waals surface area contributed by atoms with Crippen LogP contribution in [0.4, 0.5) is 5.69 Å². The predicted octanol–water partition coefficient (Wildman–Crippen LogP) is 0.916. The van der Waals surface area contributed by atoms with Gasteiger partial charge in [-0.05, 0) is 12.1 Å². The summed E-state index contributed by atoms with van der Waals surface area (Å²) in [5, 5.41) is 2.62. The van der Waals surface area contributed by atoms with E-state index in [9.17, 15) is 13.2 Å². The molecule has 1 aromatic carbocycles. The van der Waals surface area contributed by atoms with Gasteiger partial charge in [-0.1, -0.05) is 6.08 Å². The molecule has 1 heterocycles. The molecule has 1 aliphatic heterocycles. The van der Waals surface area contributed by atoms with E-state index >= 15 is 0 Å². The van der Waals surface area contributed by atoms with Gasteiger partial charge < -0.3 is 14.8 Å². The first-order chi connectivity index (χ1) is 10.9. The van der Waals surface area contributed by atoms with Gasteiger partial charge in [0.25, 0.3) is 0 Å². The molecule has 1 amide bonds. The lowest BCUT2D eigenvalue weighted by Gasteiger charge is -2.25. The van der Waals surface area contributed by atoms with Gasteiger partial charge in [0, 0.05) is 25.6 Å². The van der Waals surface area contributed by atoms with Crippen molar-refractivity contribution in [3.63, 3.8) is 0 Å². The number of ether oxygens (including phenoxy) is 2. The zero-order chi connectivity index (χ0) is 16.9. The number of benzene rings is 1. The van der Waals surface area contributed by atoms with Crippen LogP contribution in [0.1, 0.15) is 6.42 Å². The van der Waals surface area contributed by atoms with E-state index < -0.39 is 10.0 Å². The number of nitrogens with one attached hydrogen (secondary N) is 1. The molecule has 0 saturated heterocycles. The van der Waals surface area contributed by atoms with Gasteiger partial charge in [0.05, 0.1) is 11.9 Å². The number of anilines is 1. The van der Waals surface area contributed by atoms with E-state index in [4.69, 9.17) is 9.47 Å². The molecule has 23 heavy (non-hydrogen) atoms. The molecule has 0 aromatic heterocycles. The monoisotopic (exact) mass is 340 g/mol. The van der Waals surface area contributed by atoms with E-state index in [1.165, 1.54) is 4.31 Å². The second-order valence-corrected chi connectivity index (χ2v) is 6.91. The number of fused-ring (bicyclic) bond motifs is 1. The summed E-state index contributed by atoms with van der Waals surface area (Å²) in [7, 11) is -3.52. The Morgan fingerprint density at radius 1 is 1.35 bits per heavy atom. The minimum absolute atomic E-state index is 0.0431. The van der Waals surface area contributed by atoms with E-state index in [1.54, 1.807) is 24.3 Å². The van der Waals surface area contributed by atoms with Gasteiger partial charge in [0.15, 0.2) is 11.5 Å². The first-order valence-corrected chi connectivity index (χ1v) is 9.01. The van der Waals surface area contributed by atoms with Gasteiger partial charge in [-0.2, -0.15) is 0 Å². The maximum atomic E-state index is 12.0. The van der Waals surface area contributed by atoms with E-state index in [1.807, 2.05) is 0 Å². The minimum Gasteiger partial charge on any atom is -0.486 e. The molecule has 0 atom stereocenters. The molecule has 1 aliphatic rings. The topological polar surface area (TPSA) is 84.9 Å². The van der Waals surface area contributed by atoms with Crippen molar-refractivity contribution in [2.24, 2.45) is 0 Å². The molecule has 7 nitrogen and oxygen atoms in total. The lowest BCUT2D eigenvalue weighted by atomic mass is 10.2. The van der Waals surface area contributed by atoms with Crippen LogP contribution < -0.4 is 19.1 Å². The van der Waals surface area contributed by atoms with Crippen molar-refractivity contribution in [1.82, 2.24) is 5.32 Å². The first kappa shape index (κ1) is 17.1. The van der Waals surface area contributed by atoms with E-state index in [-0.39, 0.29) is 18.9 Å². The van der Waals surface area contributed by atoms with Crippen LogP contribution in [0.25, 0.3) is 0 Å². The SMILES string of the molecule is C=CCNC(=O)CCN(c1ccc2c(c1)OCCO2)S(C)(=O)=O. The Morgan fingerprint density at radius 2 is 2.04 bits per heavy atom. The van der Waals surface area contributed by atoms with Gasteiger partial charge in [0.2, 0.25) is 15.9 Å². The van der Waals surface area contributed by atoms with Gasteiger partial charge in [-0.3, -0.25) is 9.10 Å². The van der Waals surface area contributed by atoms with Crippen LogP contribution in [0.2, 0.25) is 0 Å². The molecule has 0 bridgehead atoms. The predicted molar refractivity (Wildman–Crippen MR) is 87.4 cm³/mol. The number of amides is 1. The standard InChI is InChI=1S/C15H20N2O5S/c1-3-7-16-15(18)6-8-17(23(2,19)20)12-4-5-13-14(11-12)22-10-9-21-13/h3-5,11H,1,6-10H2,2H3,(H,16,18). The Kier molecular flexibility index (Phi) is 5.49. The third kappa shape index (κ3) is 4.62. The van der Waals surface area contributed by atoms with E-state index in [0.29, 0.717) is 36.9 Å². The van der Waals surface area contributed by atoms with Crippen molar-refractivity contribution >= 4 is 21.6 Å². The Hall–Kier alpha value is -2.22. The summed E-state index contributed by atoms with van der Waals surface area (Å²) in [4.78, 5) is 11.7. The molecule has 0 unspecified atom stereocenters. The molecule has 8 heteroatoms. The summed E-state index contributed by atoms with van der Waals surface area (Å²) in [5.41, 5.74) is 0.438. The van der Waals surface area contributed by atoms with Crippen LogP contribution in [0, 0.1) is 0 Å². The molecule has 126 valence electrons. The highest BCUT2D eigenvalue weighted by Crippen LogP contribution is 2.34. The molecule has 0 saturated carbocycles. The molecule has 0 fully saturated rings. The van der Waals surface area contributed by atoms with Crippen LogP contribution >= 0.6 is 0 Å². The number of hydrogen-bond donors (Lipinski definition) is 1. The van der Waals surface area contributed by atoms with Crippen molar-refractivity contribution in [2.75, 3.05) is 36.9 Å². The number of carbonyl (C=O) groups excluding carboxylic acids is 1. The smallest absolute Gasteiger partial charge is 0.232 e. The summed E-state index contributed by atoms with van der Waals surface area (Å²) < 4.78 is 36.1. The highest BCUT2D eigenvalue weighted by molar-refractivity contribution is 7.92. The fourth-order valence-electron chi connectivity index (χ4n) is 2.15. The normalized spacial score (nSPS) is 13.3. The fourth-order valence-corrected chi connectivity index (χ4v) is 3.07. The third-order valence-electron chi connectivity index (χ3n) is 3.20. The van der Waals surface area contributed by atoms with Crippen LogP contribution in [0.15, 0.2) is 30.9 Å². The number of sulfonamides is 1.